The van der Waals surface area contributed by atoms with Gasteiger partial charge in [-0.3, -0.25) is 10.1 Å². The van der Waals surface area contributed by atoms with Crippen LogP contribution in [0, 0.1) is 0 Å². The van der Waals surface area contributed by atoms with Crippen molar-refractivity contribution in [2.75, 3.05) is 0 Å². The summed E-state index contributed by atoms with van der Waals surface area (Å²) in [6.07, 6.45) is 2.73. The van der Waals surface area contributed by atoms with E-state index in [1.807, 2.05) is 43.3 Å². The molecule has 5 aromatic rings. The largest absolute Gasteiger partial charge is 0.486 e. The fourth-order valence-electron chi connectivity index (χ4n) is 3.43. The van der Waals surface area contributed by atoms with E-state index in [2.05, 4.69) is 25.1 Å². The standard InChI is InChI=1S/C21H14Cl3N5O/c1-10(18-14(23)8-25-9-15(18)24)30-11-5-6-16-12(7-11)19(29-28-16)21-26-17-4-2-3-13(22)20(17)27-21/h2-10H,1H3,(H,26,27)(H,28,29). The molecule has 0 amide bonds. The summed E-state index contributed by atoms with van der Waals surface area (Å²) < 4.78 is 6.12. The molecular formula is C21H14Cl3N5O. The van der Waals surface area contributed by atoms with Crippen LogP contribution in [0.3, 0.4) is 0 Å². The van der Waals surface area contributed by atoms with E-state index in [1.54, 1.807) is 12.4 Å². The lowest BCUT2D eigenvalue weighted by atomic mass is 10.1. The first-order valence-corrected chi connectivity index (χ1v) is 10.2. The van der Waals surface area contributed by atoms with Crippen molar-refractivity contribution in [3.8, 4) is 17.3 Å². The second-order valence-corrected chi connectivity index (χ2v) is 8.00. The van der Waals surface area contributed by atoms with Crippen molar-refractivity contribution in [1.82, 2.24) is 25.1 Å². The van der Waals surface area contributed by atoms with E-state index in [4.69, 9.17) is 39.5 Å². The number of pyridine rings is 1. The third-order valence-corrected chi connectivity index (χ3v) is 5.75. The number of benzene rings is 2. The Balaban J connectivity index is 1.53. The van der Waals surface area contributed by atoms with Crippen LogP contribution in [0.15, 0.2) is 48.8 Å². The average Bonchev–Trinajstić information content (AvgIpc) is 3.32. The van der Waals surface area contributed by atoms with Crippen molar-refractivity contribution in [2.24, 2.45) is 0 Å². The Morgan fingerprint density at radius 1 is 1.00 bits per heavy atom. The predicted octanol–water partition coefficient (Wildman–Crippen LogP) is 6.60. The van der Waals surface area contributed by atoms with Gasteiger partial charge in [-0.25, -0.2) is 4.98 Å². The van der Waals surface area contributed by atoms with Crippen LogP contribution in [0.4, 0.5) is 0 Å². The van der Waals surface area contributed by atoms with Gasteiger partial charge in [0.2, 0.25) is 0 Å². The summed E-state index contributed by atoms with van der Waals surface area (Å²) in [6.45, 7) is 1.88. The topological polar surface area (TPSA) is 79.5 Å². The fourth-order valence-corrected chi connectivity index (χ4v) is 4.32. The highest BCUT2D eigenvalue weighted by Crippen LogP contribution is 2.35. The number of nitrogens with one attached hydrogen (secondary N) is 2. The van der Waals surface area contributed by atoms with E-state index in [0.717, 1.165) is 21.9 Å². The zero-order valence-corrected chi connectivity index (χ0v) is 17.8. The van der Waals surface area contributed by atoms with Gasteiger partial charge >= 0.3 is 0 Å². The van der Waals surface area contributed by atoms with Gasteiger partial charge in [-0.2, -0.15) is 5.10 Å². The quantitative estimate of drug-likeness (QED) is 0.318. The van der Waals surface area contributed by atoms with Crippen LogP contribution in [-0.4, -0.2) is 25.1 Å². The number of hydrogen-bond donors (Lipinski definition) is 2. The number of ether oxygens (including phenoxy) is 1. The number of rotatable bonds is 4. The Kier molecular flexibility index (Phi) is 4.77. The molecule has 0 aliphatic rings. The highest BCUT2D eigenvalue weighted by molar-refractivity contribution is 6.36. The van der Waals surface area contributed by atoms with Crippen molar-refractivity contribution in [3.05, 3.63) is 69.4 Å². The van der Waals surface area contributed by atoms with Crippen LogP contribution in [0.2, 0.25) is 15.1 Å². The number of fused-ring (bicyclic) bond motifs is 2. The van der Waals surface area contributed by atoms with Crippen LogP contribution in [-0.2, 0) is 0 Å². The average molecular weight is 459 g/mol. The molecule has 30 heavy (non-hydrogen) atoms. The summed E-state index contributed by atoms with van der Waals surface area (Å²) >= 11 is 18.8. The van der Waals surface area contributed by atoms with Crippen LogP contribution >= 0.6 is 34.8 Å². The summed E-state index contributed by atoms with van der Waals surface area (Å²) in [7, 11) is 0. The minimum Gasteiger partial charge on any atom is -0.486 e. The predicted molar refractivity (Wildman–Crippen MR) is 119 cm³/mol. The fraction of sp³-hybridized carbons (Fsp3) is 0.0952. The van der Waals surface area contributed by atoms with Gasteiger partial charge in [0.25, 0.3) is 0 Å². The number of halogens is 3. The second-order valence-electron chi connectivity index (χ2n) is 6.78. The number of para-hydroxylation sites is 1. The molecular weight excluding hydrogens is 445 g/mol. The Morgan fingerprint density at radius 3 is 2.57 bits per heavy atom. The number of nitrogens with zero attached hydrogens (tertiary/aromatic N) is 3. The van der Waals surface area contributed by atoms with Gasteiger partial charge in [-0.05, 0) is 37.3 Å². The summed E-state index contributed by atoms with van der Waals surface area (Å²) in [5, 5.41) is 9.84. The number of imidazole rings is 1. The molecule has 3 aromatic heterocycles. The molecule has 0 radical (unpaired) electrons. The molecule has 6 nitrogen and oxygen atoms in total. The molecule has 5 rings (SSSR count). The maximum absolute atomic E-state index is 6.27. The smallest absolute Gasteiger partial charge is 0.159 e. The molecule has 0 fully saturated rings. The third kappa shape index (κ3) is 3.27. The first-order valence-electron chi connectivity index (χ1n) is 9.09. The molecule has 0 saturated carbocycles. The van der Waals surface area contributed by atoms with Crippen molar-refractivity contribution >= 4 is 56.7 Å². The first-order chi connectivity index (χ1) is 14.5. The van der Waals surface area contributed by atoms with Crippen molar-refractivity contribution in [3.63, 3.8) is 0 Å². The van der Waals surface area contributed by atoms with E-state index < -0.39 is 0 Å². The Morgan fingerprint density at radius 2 is 1.80 bits per heavy atom. The number of aromatic amines is 2. The molecule has 9 heteroatoms. The molecule has 0 spiro atoms. The van der Waals surface area contributed by atoms with Crippen LogP contribution in [0.1, 0.15) is 18.6 Å². The van der Waals surface area contributed by atoms with E-state index in [1.165, 1.54) is 0 Å². The molecule has 3 heterocycles. The van der Waals surface area contributed by atoms with Gasteiger partial charge in [0.1, 0.15) is 17.5 Å². The normalized spacial score (nSPS) is 12.5. The van der Waals surface area contributed by atoms with Crippen LogP contribution < -0.4 is 4.74 Å². The van der Waals surface area contributed by atoms with Crippen molar-refractivity contribution in [2.45, 2.75) is 13.0 Å². The van der Waals surface area contributed by atoms with E-state index >= 15 is 0 Å². The summed E-state index contributed by atoms with van der Waals surface area (Å²) in [5.41, 5.74) is 3.77. The van der Waals surface area contributed by atoms with Gasteiger partial charge in [0.15, 0.2) is 5.82 Å². The Labute approximate surface area is 186 Å². The molecule has 150 valence electrons. The maximum atomic E-state index is 6.27. The molecule has 1 unspecified atom stereocenters. The molecule has 2 aromatic carbocycles. The van der Waals surface area contributed by atoms with E-state index in [9.17, 15) is 0 Å². The van der Waals surface area contributed by atoms with Gasteiger partial charge in [-0.1, -0.05) is 40.9 Å². The highest BCUT2D eigenvalue weighted by Gasteiger charge is 2.18. The molecule has 1 atom stereocenters. The van der Waals surface area contributed by atoms with Gasteiger partial charge in [0, 0.05) is 23.3 Å². The monoisotopic (exact) mass is 457 g/mol. The van der Waals surface area contributed by atoms with Crippen molar-refractivity contribution in [1.29, 1.82) is 0 Å². The number of H-pyrrole nitrogens is 2. The van der Waals surface area contributed by atoms with Gasteiger partial charge in [-0.15, -0.1) is 0 Å². The zero-order valence-electron chi connectivity index (χ0n) is 15.6. The van der Waals surface area contributed by atoms with E-state index in [-0.39, 0.29) is 6.10 Å². The molecule has 0 bridgehead atoms. The number of aromatic nitrogens is 5. The zero-order chi connectivity index (χ0) is 20.8. The first kappa shape index (κ1) is 19.2. The van der Waals surface area contributed by atoms with Crippen molar-refractivity contribution < 1.29 is 4.74 Å². The lowest BCUT2D eigenvalue weighted by Gasteiger charge is -2.17. The van der Waals surface area contributed by atoms with Gasteiger partial charge < -0.3 is 9.72 Å². The minimum absolute atomic E-state index is 0.370. The summed E-state index contributed by atoms with van der Waals surface area (Å²) in [5.74, 6) is 1.27. The molecule has 2 N–H and O–H groups in total. The molecule has 0 saturated heterocycles. The second kappa shape index (κ2) is 7.47. The Hall–Kier alpha value is -2.80. The lowest BCUT2D eigenvalue weighted by molar-refractivity contribution is 0.227. The lowest BCUT2D eigenvalue weighted by Crippen LogP contribution is -2.05. The molecule has 0 aliphatic heterocycles. The van der Waals surface area contributed by atoms with Crippen LogP contribution in [0.25, 0.3) is 33.5 Å². The highest BCUT2D eigenvalue weighted by atomic mass is 35.5. The van der Waals surface area contributed by atoms with Crippen LogP contribution in [0.5, 0.6) is 5.75 Å². The maximum Gasteiger partial charge on any atom is 0.159 e. The summed E-state index contributed by atoms with van der Waals surface area (Å²) in [6, 6.07) is 11.2. The summed E-state index contributed by atoms with van der Waals surface area (Å²) in [4.78, 5) is 11.9. The minimum atomic E-state index is -0.370. The number of hydrogen-bond acceptors (Lipinski definition) is 4. The third-order valence-electron chi connectivity index (χ3n) is 4.84. The van der Waals surface area contributed by atoms with Gasteiger partial charge in [0.05, 0.1) is 31.6 Å². The van der Waals surface area contributed by atoms with E-state index in [0.29, 0.717) is 37.9 Å². The Bertz CT molecular complexity index is 1370. The molecule has 0 aliphatic carbocycles. The SMILES string of the molecule is CC(Oc1ccc2[nH]nc(-c3nc4cccc(Cl)c4[nH]3)c2c1)c1c(Cl)cncc1Cl.